The molecule has 1 aromatic carbocycles. The number of aliphatic hydroxyl groups excluding tert-OH is 2. The van der Waals surface area contributed by atoms with Gasteiger partial charge in [0.15, 0.2) is 0 Å². The van der Waals surface area contributed by atoms with Gasteiger partial charge in [0.05, 0.1) is 6.61 Å². The molecular formula is C10H10O2. The van der Waals surface area contributed by atoms with E-state index in [1.54, 1.807) is 24.3 Å². The molecule has 2 N–H and O–H groups in total. The maximum absolute atomic E-state index is 9.19. The summed E-state index contributed by atoms with van der Waals surface area (Å²) >= 11 is 0. The normalized spacial score (nSPS) is 12.1. The first kappa shape index (κ1) is 8.79. The summed E-state index contributed by atoms with van der Waals surface area (Å²) in [6.07, 6.45) is 4.34. The summed E-state index contributed by atoms with van der Waals surface area (Å²) in [6, 6.07) is 6.87. The van der Waals surface area contributed by atoms with Gasteiger partial charge in [0.1, 0.15) is 6.10 Å². The van der Waals surface area contributed by atoms with E-state index in [0.29, 0.717) is 5.56 Å². The third-order valence-corrected chi connectivity index (χ3v) is 1.64. The van der Waals surface area contributed by atoms with Crippen molar-refractivity contribution in [3.05, 3.63) is 35.4 Å². The third kappa shape index (κ3) is 1.85. The standard InChI is InChI=1S/C10H10O2/c1-2-8-3-5-9(6-4-8)10(12)7-11/h1,3-6,10-12H,7H2. The van der Waals surface area contributed by atoms with E-state index in [-0.39, 0.29) is 6.61 Å². The molecule has 0 aromatic heterocycles. The Kier molecular flexibility index (Phi) is 2.87. The first-order valence-corrected chi connectivity index (χ1v) is 3.63. The lowest BCUT2D eigenvalue weighted by Crippen LogP contribution is -2.01. The fourth-order valence-electron chi connectivity index (χ4n) is 0.907. The van der Waals surface area contributed by atoms with E-state index >= 15 is 0 Å². The Balaban J connectivity index is 2.86. The first-order valence-electron chi connectivity index (χ1n) is 3.63. The van der Waals surface area contributed by atoms with E-state index in [9.17, 15) is 5.11 Å². The van der Waals surface area contributed by atoms with Crippen molar-refractivity contribution in [3.8, 4) is 12.3 Å². The van der Waals surface area contributed by atoms with Crippen molar-refractivity contribution in [1.29, 1.82) is 0 Å². The summed E-state index contributed by atoms with van der Waals surface area (Å²) in [4.78, 5) is 0. The second-order valence-corrected chi connectivity index (χ2v) is 2.46. The van der Waals surface area contributed by atoms with Crippen LogP contribution in [-0.2, 0) is 0 Å². The van der Waals surface area contributed by atoms with Gasteiger partial charge < -0.3 is 10.2 Å². The predicted molar refractivity (Wildman–Crippen MR) is 46.4 cm³/mol. The molecule has 0 aliphatic rings. The van der Waals surface area contributed by atoms with Gasteiger partial charge in [0, 0.05) is 5.56 Å². The molecule has 0 amide bonds. The zero-order valence-electron chi connectivity index (χ0n) is 6.57. The number of terminal acetylenes is 1. The zero-order chi connectivity index (χ0) is 8.97. The monoisotopic (exact) mass is 162 g/mol. The molecule has 0 saturated carbocycles. The van der Waals surface area contributed by atoms with E-state index in [2.05, 4.69) is 5.92 Å². The number of hydrogen-bond donors (Lipinski definition) is 2. The fraction of sp³-hybridized carbons (Fsp3) is 0.200. The van der Waals surface area contributed by atoms with Gasteiger partial charge in [-0.15, -0.1) is 6.42 Å². The van der Waals surface area contributed by atoms with Crippen LogP contribution in [0.3, 0.4) is 0 Å². The SMILES string of the molecule is C#Cc1ccc(C(O)CO)cc1. The highest BCUT2D eigenvalue weighted by Crippen LogP contribution is 2.12. The van der Waals surface area contributed by atoms with Crippen LogP contribution >= 0.6 is 0 Å². The smallest absolute Gasteiger partial charge is 0.102 e. The Hall–Kier alpha value is -1.30. The van der Waals surface area contributed by atoms with Crippen molar-refractivity contribution >= 4 is 0 Å². The maximum Gasteiger partial charge on any atom is 0.102 e. The molecule has 0 spiro atoms. The van der Waals surface area contributed by atoms with Crippen LogP contribution in [0.1, 0.15) is 17.2 Å². The molecule has 0 heterocycles. The Morgan fingerprint density at radius 3 is 2.33 bits per heavy atom. The van der Waals surface area contributed by atoms with E-state index in [0.717, 1.165) is 5.56 Å². The molecule has 2 nitrogen and oxygen atoms in total. The van der Waals surface area contributed by atoms with Crippen molar-refractivity contribution in [2.24, 2.45) is 0 Å². The molecule has 0 saturated heterocycles. The van der Waals surface area contributed by atoms with Gasteiger partial charge in [0.2, 0.25) is 0 Å². The van der Waals surface area contributed by atoms with Crippen LogP contribution in [0.4, 0.5) is 0 Å². The predicted octanol–water partition coefficient (Wildman–Crippen LogP) is 0.694. The molecule has 0 aliphatic heterocycles. The minimum absolute atomic E-state index is 0.268. The van der Waals surface area contributed by atoms with Crippen molar-refractivity contribution in [1.82, 2.24) is 0 Å². The molecule has 0 fully saturated rings. The van der Waals surface area contributed by atoms with Crippen LogP contribution in [-0.4, -0.2) is 16.8 Å². The highest BCUT2D eigenvalue weighted by Gasteiger charge is 2.03. The van der Waals surface area contributed by atoms with Crippen LogP contribution in [0.25, 0.3) is 0 Å². The van der Waals surface area contributed by atoms with Gasteiger partial charge in [-0.2, -0.15) is 0 Å². The third-order valence-electron chi connectivity index (χ3n) is 1.64. The maximum atomic E-state index is 9.19. The van der Waals surface area contributed by atoms with Gasteiger partial charge in [-0.3, -0.25) is 0 Å². The van der Waals surface area contributed by atoms with E-state index in [4.69, 9.17) is 11.5 Å². The van der Waals surface area contributed by atoms with Crippen LogP contribution in [0.2, 0.25) is 0 Å². The van der Waals surface area contributed by atoms with E-state index in [1.807, 2.05) is 0 Å². The number of rotatable bonds is 2. The summed E-state index contributed by atoms with van der Waals surface area (Å²) < 4.78 is 0. The highest BCUT2D eigenvalue weighted by molar-refractivity contribution is 5.34. The second-order valence-electron chi connectivity index (χ2n) is 2.46. The minimum Gasteiger partial charge on any atom is -0.393 e. The molecule has 0 bridgehead atoms. The molecular weight excluding hydrogens is 152 g/mol. The Labute approximate surface area is 71.5 Å². The number of aliphatic hydroxyl groups is 2. The molecule has 1 rings (SSSR count). The van der Waals surface area contributed by atoms with Crippen LogP contribution in [0.5, 0.6) is 0 Å². The molecule has 0 radical (unpaired) electrons. The molecule has 1 unspecified atom stereocenters. The lowest BCUT2D eigenvalue weighted by molar-refractivity contribution is 0.0956. The van der Waals surface area contributed by atoms with Gasteiger partial charge in [-0.05, 0) is 17.7 Å². The Morgan fingerprint density at radius 1 is 1.33 bits per heavy atom. The molecule has 12 heavy (non-hydrogen) atoms. The van der Waals surface area contributed by atoms with Crippen molar-refractivity contribution in [3.63, 3.8) is 0 Å². The Morgan fingerprint density at radius 2 is 1.92 bits per heavy atom. The summed E-state index contributed by atoms with van der Waals surface area (Å²) in [5.74, 6) is 2.47. The Bertz CT molecular complexity index is 282. The first-order chi connectivity index (χ1) is 5.77. The number of benzene rings is 1. The van der Waals surface area contributed by atoms with E-state index < -0.39 is 6.10 Å². The van der Waals surface area contributed by atoms with E-state index in [1.165, 1.54) is 0 Å². The minimum atomic E-state index is -0.808. The fourth-order valence-corrected chi connectivity index (χ4v) is 0.907. The molecule has 1 aromatic rings. The van der Waals surface area contributed by atoms with Gasteiger partial charge in [-0.25, -0.2) is 0 Å². The van der Waals surface area contributed by atoms with Gasteiger partial charge >= 0.3 is 0 Å². The molecule has 1 atom stereocenters. The largest absolute Gasteiger partial charge is 0.393 e. The van der Waals surface area contributed by atoms with Gasteiger partial charge in [0.25, 0.3) is 0 Å². The van der Waals surface area contributed by atoms with Crippen LogP contribution in [0, 0.1) is 12.3 Å². The average molecular weight is 162 g/mol. The molecule has 62 valence electrons. The highest BCUT2D eigenvalue weighted by atomic mass is 16.3. The average Bonchev–Trinajstić information content (AvgIpc) is 2.17. The summed E-state index contributed by atoms with van der Waals surface area (Å²) in [6.45, 7) is -0.268. The summed E-state index contributed by atoms with van der Waals surface area (Å²) in [5.41, 5.74) is 1.44. The lowest BCUT2D eigenvalue weighted by Gasteiger charge is -2.06. The summed E-state index contributed by atoms with van der Waals surface area (Å²) in [5, 5.41) is 17.8. The second kappa shape index (κ2) is 3.91. The lowest BCUT2D eigenvalue weighted by atomic mass is 10.1. The van der Waals surface area contributed by atoms with Crippen LogP contribution in [0.15, 0.2) is 24.3 Å². The topological polar surface area (TPSA) is 40.5 Å². The van der Waals surface area contributed by atoms with Crippen molar-refractivity contribution in [2.45, 2.75) is 6.10 Å². The molecule has 0 aliphatic carbocycles. The van der Waals surface area contributed by atoms with Crippen LogP contribution < -0.4 is 0 Å². The summed E-state index contributed by atoms with van der Waals surface area (Å²) in [7, 11) is 0. The zero-order valence-corrected chi connectivity index (χ0v) is 6.57. The van der Waals surface area contributed by atoms with Crippen molar-refractivity contribution in [2.75, 3.05) is 6.61 Å². The number of hydrogen-bond acceptors (Lipinski definition) is 2. The quantitative estimate of drug-likeness (QED) is 0.628. The molecule has 2 heteroatoms. The van der Waals surface area contributed by atoms with Gasteiger partial charge in [-0.1, -0.05) is 18.1 Å². The van der Waals surface area contributed by atoms with Crippen molar-refractivity contribution < 1.29 is 10.2 Å².